The van der Waals surface area contributed by atoms with E-state index in [2.05, 4.69) is 20.7 Å². The number of anilines is 1. The molecule has 0 unspecified atom stereocenters. The standard InChI is InChI=1S/C11H11ClN4O2/c1-6-10(15-16-14-6)11(17)13-7-3-4-9(18-2)8(12)5-7/h3-5H,1-2H3,(H,13,17)(H,14,15,16). The Morgan fingerprint density at radius 3 is 2.78 bits per heavy atom. The molecule has 0 spiro atoms. The summed E-state index contributed by atoms with van der Waals surface area (Å²) in [5.74, 6) is 0.203. The van der Waals surface area contributed by atoms with Crippen molar-refractivity contribution in [2.75, 3.05) is 12.4 Å². The van der Waals surface area contributed by atoms with Crippen LogP contribution in [0.3, 0.4) is 0 Å². The van der Waals surface area contributed by atoms with E-state index in [0.29, 0.717) is 22.2 Å². The number of rotatable bonds is 3. The molecule has 18 heavy (non-hydrogen) atoms. The third-order valence-electron chi connectivity index (χ3n) is 2.35. The van der Waals surface area contributed by atoms with Crippen LogP contribution in [0.1, 0.15) is 16.2 Å². The summed E-state index contributed by atoms with van der Waals surface area (Å²) in [5, 5.41) is 13.0. The second-order valence-corrected chi connectivity index (χ2v) is 3.97. The maximum atomic E-state index is 11.9. The van der Waals surface area contributed by atoms with Gasteiger partial charge in [-0.1, -0.05) is 11.6 Å². The van der Waals surface area contributed by atoms with Crippen LogP contribution in [0.4, 0.5) is 5.69 Å². The van der Waals surface area contributed by atoms with Crippen molar-refractivity contribution in [1.82, 2.24) is 15.4 Å². The Morgan fingerprint density at radius 2 is 2.22 bits per heavy atom. The van der Waals surface area contributed by atoms with Crippen molar-refractivity contribution in [2.45, 2.75) is 6.92 Å². The molecule has 1 aromatic carbocycles. The molecule has 2 N–H and O–H groups in total. The zero-order chi connectivity index (χ0) is 13.1. The molecular weight excluding hydrogens is 256 g/mol. The number of carbonyl (C=O) groups is 1. The Kier molecular flexibility index (Phi) is 3.47. The van der Waals surface area contributed by atoms with E-state index in [1.807, 2.05) is 0 Å². The third-order valence-corrected chi connectivity index (χ3v) is 2.64. The van der Waals surface area contributed by atoms with Crippen molar-refractivity contribution in [3.8, 4) is 5.75 Å². The van der Waals surface area contributed by atoms with Gasteiger partial charge in [0.1, 0.15) is 5.75 Å². The van der Waals surface area contributed by atoms with E-state index >= 15 is 0 Å². The lowest BCUT2D eigenvalue weighted by Crippen LogP contribution is -2.13. The van der Waals surface area contributed by atoms with Gasteiger partial charge in [0.2, 0.25) is 0 Å². The number of H-pyrrole nitrogens is 1. The van der Waals surface area contributed by atoms with Crippen LogP contribution in [0.2, 0.25) is 5.02 Å². The van der Waals surface area contributed by atoms with Crippen LogP contribution < -0.4 is 10.1 Å². The van der Waals surface area contributed by atoms with Gasteiger partial charge in [0.15, 0.2) is 5.69 Å². The first-order valence-corrected chi connectivity index (χ1v) is 5.52. The van der Waals surface area contributed by atoms with Gasteiger partial charge in [-0.25, -0.2) is 0 Å². The number of hydrogen-bond donors (Lipinski definition) is 2. The van der Waals surface area contributed by atoms with Gasteiger partial charge in [0, 0.05) is 5.69 Å². The molecule has 0 radical (unpaired) electrons. The van der Waals surface area contributed by atoms with Crippen molar-refractivity contribution in [1.29, 1.82) is 0 Å². The topological polar surface area (TPSA) is 79.9 Å². The summed E-state index contributed by atoms with van der Waals surface area (Å²) in [5.41, 5.74) is 1.35. The van der Waals surface area contributed by atoms with E-state index in [1.54, 1.807) is 25.1 Å². The predicted molar refractivity (Wildman–Crippen MR) is 67.1 cm³/mol. The van der Waals surface area contributed by atoms with Gasteiger partial charge in [-0.15, -0.1) is 0 Å². The lowest BCUT2D eigenvalue weighted by molar-refractivity contribution is 0.102. The molecule has 6 nitrogen and oxygen atoms in total. The van der Waals surface area contributed by atoms with Crippen LogP contribution in [-0.2, 0) is 0 Å². The number of aryl methyl sites for hydroxylation is 1. The Balaban J connectivity index is 2.17. The number of nitrogens with zero attached hydrogens (tertiary/aromatic N) is 2. The second kappa shape index (κ2) is 5.05. The van der Waals surface area contributed by atoms with E-state index in [1.165, 1.54) is 7.11 Å². The van der Waals surface area contributed by atoms with Gasteiger partial charge >= 0.3 is 0 Å². The first-order valence-electron chi connectivity index (χ1n) is 5.14. The quantitative estimate of drug-likeness (QED) is 0.891. The average molecular weight is 267 g/mol. The largest absolute Gasteiger partial charge is 0.495 e. The molecule has 0 atom stereocenters. The molecule has 0 saturated carbocycles. The smallest absolute Gasteiger partial charge is 0.278 e. The van der Waals surface area contributed by atoms with Gasteiger partial charge in [-0.3, -0.25) is 4.79 Å². The molecular formula is C11H11ClN4O2. The number of aromatic nitrogens is 3. The Morgan fingerprint density at radius 1 is 1.44 bits per heavy atom. The van der Waals surface area contributed by atoms with Crippen molar-refractivity contribution >= 4 is 23.2 Å². The molecule has 7 heteroatoms. The number of aromatic amines is 1. The summed E-state index contributed by atoms with van der Waals surface area (Å²) >= 11 is 5.96. The molecule has 2 rings (SSSR count). The average Bonchev–Trinajstić information content (AvgIpc) is 2.76. The Bertz CT molecular complexity index is 582. The SMILES string of the molecule is COc1ccc(NC(=O)c2n[nH]nc2C)cc1Cl. The molecule has 0 bridgehead atoms. The highest BCUT2D eigenvalue weighted by atomic mass is 35.5. The van der Waals surface area contributed by atoms with Crippen molar-refractivity contribution in [2.24, 2.45) is 0 Å². The highest BCUT2D eigenvalue weighted by molar-refractivity contribution is 6.32. The summed E-state index contributed by atoms with van der Waals surface area (Å²) in [6.07, 6.45) is 0. The minimum Gasteiger partial charge on any atom is -0.495 e. The summed E-state index contributed by atoms with van der Waals surface area (Å²) < 4.78 is 5.02. The molecule has 2 aromatic rings. The Hall–Kier alpha value is -2.08. The molecule has 1 aromatic heterocycles. The fourth-order valence-electron chi connectivity index (χ4n) is 1.43. The van der Waals surface area contributed by atoms with Crippen molar-refractivity contribution in [3.05, 3.63) is 34.6 Å². The Labute approximate surface area is 108 Å². The number of halogens is 1. The van der Waals surface area contributed by atoms with E-state index in [4.69, 9.17) is 16.3 Å². The first-order chi connectivity index (χ1) is 8.61. The molecule has 0 saturated heterocycles. The minimum atomic E-state index is -0.345. The highest BCUT2D eigenvalue weighted by Crippen LogP contribution is 2.27. The molecule has 0 aliphatic heterocycles. The van der Waals surface area contributed by atoms with Crippen LogP contribution in [0.5, 0.6) is 5.75 Å². The van der Waals surface area contributed by atoms with Crippen LogP contribution in [0.25, 0.3) is 0 Å². The number of benzene rings is 1. The van der Waals surface area contributed by atoms with Crippen LogP contribution in [0, 0.1) is 6.92 Å². The first kappa shape index (κ1) is 12.4. The fraction of sp³-hybridized carbons (Fsp3) is 0.182. The monoisotopic (exact) mass is 266 g/mol. The molecule has 0 aliphatic rings. The number of carbonyl (C=O) groups excluding carboxylic acids is 1. The zero-order valence-corrected chi connectivity index (χ0v) is 10.6. The van der Waals surface area contributed by atoms with Crippen LogP contribution >= 0.6 is 11.6 Å². The molecule has 1 heterocycles. The molecule has 0 aliphatic carbocycles. The van der Waals surface area contributed by atoms with Crippen LogP contribution in [0.15, 0.2) is 18.2 Å². The fourth-order valence-corrected chi connectivity index (χ4v) is 1.69. The summed E-state index contributed by atoms with van der Waals surface area (Å²) in [4.78, 5) is 11.9. The van der Waals surface area contributed by atoms with Gasteiger partial charge in [-0.05, 0) is 25.1 Å². The van der Waals surface area contributed by atoms with E-state index in [-0.39, 0.29) is 11.6 Å². The van der Waals surface area contributed by atoms with Gasteiger partial charge < -0.3 is 10.1 Å². The van der Waals surface area contributed by atoms with Crippen LogP contribution in [-0.4, -0.2) is 28.4 Å². The third kappa shape index (κ3) is 2.43. The van der Waals surface area contributed by atoms with Crippen molar-refractivity contribution in [3.63, 3.8) is 0 Å². The lowest BCUT2D eigenvalue weighted by Gasteiger charge is -2.07. The summed E-state index contributed by atoms with van der Waals surface area (Å²) in [6, 6.07) is 4.97. The molecule has 1 amide bonds. The molecule has 94 valence electrons. The molecule has 0 fully saturated rings. The number of hydrogen-bond acceptors (Lipinski definition) is 4. The summed E-state index contributed by atoms with van der Waals surface area (Å²) in [7, 11) is 1.53. The minimum absolute atomic E-state index is 0.252. The van der Waals surface area contributed by atoms with Gasteiger partial charge in [0.25, 0.3) is 5.91 Å². The van der Waals surface area contributed by atoms with Crippen molar-refractivity contribution < 1.29 is 9.53 Å². The predicted octanol–water partition coefficient (Wildman–Crippen LogP) is 2.03. The maximum absolute atomic E-state index is 11.9. The van der Waals surface area contributed by atoms with E-state index in [0.717, 1.165) is 0 Å². The number of amides is 1. The maximum Gasteiger partial charge on any atom is 0.278 e. The highest BCUT2D eigenvalue weighted by Gasteiger charge is 2.13. The van der Waals surface area contributed by atoms with Gasteiger partial charge in [0.05, 0.1) is 17.8 Å². The van der Waals surface area contributed by atoms with E-state index in [9.17, 15) is 4.79 Å². The summed E-state index contributed by atoms with van der Waals surface area (Å²) in [6.45, 7) is 1.69. The number of nitrogens with one attached hydrogen (secondary N) is 2. The zero-order valence-electron chi connectivity index (χ0n) is 9.82. The number of methoxy groups -OCH3 is 1. The lowest BCUT2D eigenvalue weighted by atomic mass is 10.2. The van der Waals surface area contributed by atoms with Gasteiger partial charge in [-0.2, -0.15) is 15.4 Å². The number of ether oxygens (including phenoxy) is 1. The second-order valence-electron chi connectivity index (χ2n) is 3.56. The normalized spacial score (nSPS) is 10.2. The van der Waals surface area contributed by atoms with E-state index < -0.39 is 0 Å².